The van der Waals surface area contributed by atoms with Crippen molar-refractivity contribution in [2.45, 2.75) is 18.7 Å². The van der Waals surface area contributed by atoms with E-state index in [-0.39, 0.29) is 11.4 Å². The number of ether oxygens (including phenoxy) is 2. The van der Waals surface area contributed by atoms with E-state index in [2.05, 4.69) is 5.32 Å². The Morgan fingerprint density at radius 2 is 1.55 bits per heavy atom. The van der Waals surface area contributed by atoms with E-state index in [4.69, 9.17) is 9.47 Å². The highest BCUT2D eigenvalue weighted by atomic mass is 32.2. The Hall–Kier alpha value is -3.19. The molecule has 164 valence electrons. The molecule has 0 bridgehead atoms. The maximum absolute atomic E-state index is 13.5. The van der Waals surface area contributed by atoms with E-state index >= 15 is 0 Å². The molecule has 1 N–H and O–H groups in total. The Kier molecular flexibility index (Phi) is 7.41. The van der Waals surface area contributed by atoms with Gasteiger partial charge in [0.25, 0.3) is 10.0 Å². The van der Waals surface area contributed by atoms with Crippen LogP contribution in [-0.4, -0.2) is 35.2 Å². The van der Waals surface area contributed by atoms with Crippen molar-refractivity contribution in [1.82, 2.24) is 0 Å². The summed E-state index contributed by atoms with van der Waals surface area (Å²) in [6.07, 6.45) is 0. The number of nitrogens with zero attached hydrogens (tertiary/aromatic N) is 1. The van der Waals surface area contributed by atoms with Crippen LogP contribution in [0.15, 0.2) is 77.7 Å². The van der Waals surface area contributed by atoms with E-state index in [1.54, 1.807) is 42.5 Å². The molecule has 0 aromatic heterocycles. The van der Waals surface area contributed by atoms with Gasteiger partial charge in [0.2, 0.25) is 0 Å². The number of nitrogens with one attached hydrogen (secondary N) is 1. The summed E-state index contributed by atoms with van der Waals surface area (Å²) in [7, 11) is -2.26. The van der Waals surface area contributed by atoms with Gasteiger partial charge >= 0.3 is 0 Å². The second-order valence-electron chi connectivity index (χ2n) is 6.92. The summed E-state index contributed by atoms with van der Waals surface area (Å²) in [6.45, 7) is 4.99. The molecule has 3 aromatic carbocycles. The van der Waals surface area contributed by atoms with E-state index in [0.717, 1.165) is 17.0 Å². The molecule has 0 atom stereocenters. The molecule has 0 aliphatic carbocycles. The second-order valence-corrected chi connectivity index (χ2v) is 8.78. The monoisotopic (exact) mass is 440 g/mol. The lowest BCUT2D eigenvalue weighted by molar-refractivity contribution is 0.342. The topological polar surface area (TPSA) is 67.9 Å². The lowest BCUT2D eigenvalue weighted by atomic mass is 10.2. The number of sulfonamides is 1. The standard InChI is InChI=1S/C24H28N2O4S/c1-4-30-23-11-7-5-9-21(23)25-17-18-26(22-10-6-8-12-24(22)29-3)31(27,28)20-15-13-19(2)14-16-20/h5-16,25H,4,17-18H2,1-3H3. The Balaban J connectivity index is 1.91. The van der Waals surface area contributed by atoms with Crippen molar-refractivity contribution < 1.29 is 17.9 Å². The predicted molar refractivity (Wildman–Crippen MR) is 125 cm³/mol. The number of rotatable bonds is 10. The van der Waals surface area contributed by atoms with Crippen LogP contribution in [0.3, 0.4) is 0 Å². The minimum Gasteiger partial charge on any atom is -0.495 e. The molecule has 3 aromatic rings. The molecule has 0 saturated heterocycles. The van der Waals surface area contributed by atoms with Crippen molar-refractivity contribution in [2.24, 2.45) is 0 Å². The highest BCUT2D eigenvalue weighted by molar-refractivity contribution is 7.92. The smallest absolute Gasteiger partial charge is 0.264 e. The van der Waals surface area contributed by atoms with Crippen molar-refractivity contribution in [3.8, 4) is 11.5 Å². The van der Waals surface area contributed by atoms with Gasteiger partial charge in [-0.1, -0.05) is 42.0 Å². The van der Waals surface area contributed by atoms with Crippen molar-refractivity contribution in [3.63, 3.8) is 0 Å². The molecule has 7 heteroatoms. The van der Waals surface area contributed by atoms with Gasteiger partial charge in [-0.2, -0.15) is 0 Å². The normalized spacial score (nSPS) is 11.1. The summed E-state index contributed by atoms with van der Waals surface area (Å²) in [4.78, 5) is 0.235. The zero-order valence-electron chi connectivity index (χ0n) is 18.0. The van der Waals surface area contributed by atoms with Crippen LogP contribution in [0.4, 0.5) is 11.4 Å². The van der Waals surface area contributed by atoms with Crippen LogP contribution in [0.5, 0.6) is 11.5 Å². The summed E-state index contributed by atoms with van der Waals surface area (Å²) in [6, 6.07) is 21.6. The Labute approximate surface area is 184 Å². The van der Waals surface area contributed by atoms with Gasteiger partial charge in [0.1, 0.15) is 11.5 Å². The molecule has 3 rings (SSSR count). The zero-order chi connectivity index (χ0) is 22.3. The van der Waals surface area contributed by atoms with Gasteiger partial charge in [-0.05, 0) is 50.2 Å². The van der Waals surface area contributed by atoms with E-state index < -0.39 is 10.0 Å². The highest BCUT2D eigenvalue weighted by Crippen LogP contribution is 2.32. The van der Waals surface area contributed by atoms with Gasteiger partial charge in [-0.3, -0.25) is 4.31 Å². The molecule has 31 heavy (non-hydrogen) atoms. The second kappa shape index (κ2) is 10.2. The van der Waals surface area contributed by atoms with Gasteiger partial charge in [-0.25, -0.2) is 8.42 Å². The quantitative estimate of drug-likeness (QED) is 0.495. The largest absolute Gasteiger partial charge is 0.495 e. The Bertz CT molecular complexity index is 1100. The Morgan fingerprint density at radius 3 is 2.23 bits per heavy atom. The van der Waals surface area contributed by atoms with Gasteiger partial charge in [0.15, 0.2) is 0 Å². The third-order valence-corrected chi connectivity index (χ3v) is 6.61. The maximum atomic E-state index is 13.5. The molecular formula is C24H28N2O4S. The van der Waals surface area contributed by atoms with Crippen LogP contribution in [-0.2, 0) is 10.0 Å². The molecule has 0 saturated carbocycles. The first-order valence-corrected chi connectivity index (χ1v) is 11.6. The molecule has 6 nitrogen and oxygen atoms in total. The van der Waals surface area contributed by atoms with E-state index in [1.807, 2.05) is 44.2 Å². The van der Waals surface area contributed by atoms with Crippen LogP contribution in [0, 0.1) is 6.92 Å². The molecule has 0 fully saturated rings. The molecule has 0 unspecified atom stereocenters. The van der Waals surface area contributed by atoms with E-state index in [1.165, 1.54) is 11.4 Å². The van der Waals surface area contributed by atoms with Gasteiger partial charge in [0, 0.05) is 6.54 Å². The van der Waals surface area contributed by atoms with Gasteiger partial charge in [-0.15, -0.1) is 0 Å². The molecule has 0 aliphatic rings. The molecule has 0 heterocycles. The lowest BCUT2D eigenvalue weighted by Crippen LogP contribution is -2.35. The zero-order valence-corrected chi connectivity index (χ0v) is 18.9. The fourth-order valence-corrected chi connectivity index (χ4v) is 4.71. The SMILES string of the molecule is CCOc1ccccc1NCCN(c1ccccc1OC)S(=O)(=O)c1ccc(C)cc1. The summed E-state index contributed by atoms with van der Waals surface area (Å²) >= 11 is 0. The average molecular weight is 441 g/mol. The summed E-state index contributed by atoms with van der Waals surface area (Å²) < 4.78 is 39.6. The summed E-state index contributed by atoms with van der Waals surface area (Å²) in [5, 5.41) is 3.30. The van der Waals surface area contributed by atoms with E-state index in [0.29, 0.717) is 24.6 Å². The number of para-hydroxylation sites is 4. The van der Waals surface area contributed by atoms with Crippen LogP contribution in [0.2, 0.25) is 0 Å². The average Bonchev–Trinajstić information content (AvgIpc) is 2.78. The molecule has 0 amide bonds. The number of aryl methyl sites for hydroxylation is 1. The minimum atomic E-state index is -3.80. The number of hydrogen-bond acceptors (Lipinski definition) is 5. The third-order valence-electron chi connectivity index (χ3n) is 4.78. The number of methoxy groups -OCH3 is 1. The minimum absolute atomic E-state index is 0.205. The van der Waals surface area contributed by atoms with Crippen LogP contribution in [0.25, 0.3) is 0 Å². The van der Waals surface area contributed by atoms with Gasteiger partial charge < -0.3 is 14.8 Å². The lowest BCUT2D eigenvalue weighted by Gasteiger charge is -2.26. The van der Waals surface area contributed by atoms with Gasteiger partial charge in [0.05, 0.1) is 36.5 Å². The molecule has 0 spiro atoms. The van der Waals surface area contributed by atoms with Crippen LogP contribution < -0.4 is 19.1 Å². The van der Waals surface area contributed by atoms with Crippen molar-refractivity contribution in [1.29, 1.82) is 0 Å². The number of hydrogen-bond donors (Lipinski definition) is 1. The first-order valence-electron chi connectivity index (χ1n) is 10.2. The fraction of sp³-hybridized carbons (Fsp3) is 0.250. The third kappa shape index (κ3) is 5.30. The van der Waals surface area contributed by atoms with Crippen molar-refractivity contribution >= 4 is 21.4 Å². The van der Waals surface area contributed by atoms with Crippen molar-refractivity contribution in [2.75, 3.05) is 36.4 Å². The highest BCUT2D eigenvalue weighted by Gasteiger charge is 2.27. The number of benzene rings is 3. The first-order chi connectivity index (χ1) is 15.0. The maximum Gasteiger partial charge on any atom is 0.264 e. The molecule has 0 aliphatic heterocycles. The number of anilines is 2. The Morgan fingerprint density at radius 1 is 0.903 bits per heavy atom. The summed E-state index contributed by atoms with van der Waals surface area (Å²) in [5.74, 6) is 1.23. The molecule has 0 radical (unpaired) electrons. The van der Waals surface area contributed by atoms with E-state index in [9.17, 15) is 8.42 Å². The van der Waals surface area contributed by atoms with Crippen LogP contribution >= 0.6 is 0 Å². The van der Waals surface area contributed by atoms with Crippen LogP contribution in [0.1, 0.15) is 12.5 Å². The fourth-order valence-electron chi connectivity index (χ4n) is 3.23. The molecular weight excluding hydrogens is 412 g/mol. The summed E-state index contributed by atoms with van der Waals surface area (Å²) in [5.41, 5.74) is 2.31. The first kappa shape index (κ1) is 22.5. The predicted octanol–water partition coefficient (Wildman–Crippen LogP) is 4.71. The van der Waals surface area contributed by atoms with Crippen molar-refractivity contribution in [3.05, 3.63) is 78.4 Å².